The lowest BCUT2D eigenvalue weighted by atomic mass is 10.1. The molecule has 2 aromatic rings. The highest BCUT2D eigenvalue weighted by Crippen LogP contribution is 2.39. The van der Waals surface area contributed by atoms with Crippen molar-refractivity contribution in [3.05, 3.63) is 56.4 Å². The Morgan fingerprint density at radius 3 is 2.70 bits per heavy atom. The fourth-order valence-electron chi connectivity index (χ4n) is 2.58. The van der Waals surface area contributed by atoms with E-state index in [0.29, 0.717) is 41.5 Å². The molecule has 0 spiro atoms. The molecule has 10 heteroatoms. The Bertz CT molecular complexity index is 1060. The van der Waals surface area contributed by atoms with Gasteiger partial charge in [-0.3, -0.25) is 9.69 Å². The van der Waals surface area contributed by atoms with Crippen LogP contribution in [0, 0.1) is 0 Å². The Hall–Kier alpha value is -2.07. The molecule has 1 aliphatic rings. The van der Waals surface area contributed by atoms with Crippen molar-refractivity contribution >= 4 is 79.5 Å². The van der Waals surface area contributed by atoms with Crippen molar-refractivity contribution < 1.29 is 23.8 Å². The monoisotopic (exact) mass is 527 g/mol. The summed E-state index contributed by atoms with van der Waals surface area (Å²) in [5.74, 6) is 0.00293. The molecule has 1 amide bonds. The third-order valence-electron chi connectivity index (χ3n) is 4.00. The van der Waals surface area contributed by atoms with Crippen molar-refractivity contribution in [1.29, 1.82) is 0 Å². The number of hydrogen-bond acceptors (Lipinski definition) is 7. The molecule has 1 fully saturated rings. The van der Waals surface area contributed by atoms with E-state index in [2.05, 4.69) is 20.7 Å². The molecule has 0 unspecified atom stereocenters. The van der Waals surface area contributed by atoms with Crippen LogP contribution in [0.4, 0.5) is 5.69 Å². The third-order valence-corrected chi connectivity index (χ3v) is 6.23. The summed E-state index contributed by atoms with van der Waals surface area (Å²) in [4.78, 5) is 26.2. The van der Waals surface area contributed by atoms with Gasteiger partial charge in [-0.1, -0.05) is 57.6 Å². The fourth-order valence-corrected chi connectivity index (χ4v) is 4.49. The van der Waals surface area contributed by atoms with Crippen LogP contribution in [-0.4, -0.2) is 37.0 Å². The summed E-state index contributed by atoms with van der Waals surface area (Å²) in [6, 6.07) is 10.3. The summed E-state index contributed by atoms with van der Waals surface area (Å²) in [5, 5.41) is 0.514. The molecule has 2 aromatic carbocycles. The minimum atomic E-state index is -0.512. The number of nitrogens with zero attached hydrogens (tertiary/aromatic N) is 1. The molecule has 0 radical (unpaired) electrons. The molecule has 156 valence electrons. The third kappa shape index (κ3) is 4.97. The second kappa shape index (κ2) is 9.82. The summed E-state index contributed by atoms with van der Waals surface area (Å²) in [7, 11) is 2.76. The molecule has 1 aliphatic heterocycles. The van der Waals surface area contributed by atoms with E-state index < -0.39 is 5.97 Å². The zero-order chi connectivity index (χ0) is 21.8. The average molecular weight is 529 g/mol. The van der Waals surface area contributed by atoms with Gasteiger partial charge in [0.2, 0.25) is 0 Å². The van der Waals surface area contributed by atoms with Gasteiger partial charge < -0.3 is 14.2 Å². The first-order valence-electron chi connectivity index (χ1n) is 8.44. The quantitative estimate of drug-likeness (QED) is 0.295. The number of thiocarbonyl (C=S) groups is 1. The lowest BCUT2D eigenvalue weighted by molar-refractivity contribution is -0.142. The maximum Gasteiger partial charge on any atom is 0.343 e. The SMILES string of the molecule is COC(=O)COc1cc(Br)c(/C=C2\SC(=S)N(c3cccc(Cl)c3)C2=O)cc1OC. The molecule has 0 saturated carbocycles. The van der Waals surface area contributed by atoms with E-state index in [4.69, 9.17) is 33.3 Å². The normalized spacial score (nSPS) is 14.9. The van der Waals surface area contributed by atoms with Crippen molar-refractivity contribution in [2.75, 3.05) is 25.7 Å². The molecule has 6 nitrogen and oxygen atoms in total. The minimum Gasteiger partial charge on any atom is -0.493 e. The largest absolute Gasteiger partial charge is 0.493 e. The van der Waals surface area contributed by atoms with Gasteiger partial charge in [0.05, 0.1) is 24.8 Å². The molecule has 3 rings (SSSR count). The Balaban J connectivity index is 1.90. The van der Waals surface area contributed by atoms with Gasteiger partial charge in [0.15, 0.2) is 22.4 Å². The van der Waals surface area contributed by atoms with Gasteiger partial charge in [-0.2, -0.15) is 0 Å². The molecule has 30 heavy (non-hydrogen) atoms. The predicted molar refractivity (Wildman–Crippen MR) is 125 cm³/mol. The number of anilines is 1. The summed E-state index contributed by atoms with van der Waals surface area (Å²) >= 11 is 16.1. The van der Waals surface area contributed by atoms with Crippen molar-refractivity contribution in [3.8, 4) is 11.5 Å². The van der Waals surface area contributed by atoms with Crippen LogP contribution >= 0.6 is 51.5 Å². The lowest BCUT2D eigenvalue weighted by Crippen LogP contribution is -2.27. The van der Waals surface area contributed by atoms with Crippen LogP contribution in [0.1, 0.15) is 5.56 Å². The Kier molecular flexibility index (Phi) is 7.41. The standard InChI is InChI=1S/C20H15BrClNO5S2/c1-26-15-6-11(14(21)9-16(15)28-10-18(24)27-2)7-17-19(25)23(20(29)30-17)13-5-3-4-12(22)8-13/h3-9H,10H2,1-2H3/b17-7-. The van der Waals surface area contributed by atoms with E-state index in [9.17, 15) is 9.59 Å². The number of hydrogen-bond donors (Lipinski definition) is 0. The average Bonchev–Trinajstić information content (AvgIpc) is 3.00. The number of benzene rings is 2. The van der Waals surface area contributed by atoms with E-state index in [1.54, 1.807) is 42.5 Å². The lowest BCUT2D eigenvalue weighted by Gasteiger charge is -2.14. The number of thioether (sulfide) groups is 1. The van der Waals surface area contributed by atoms with E-state index in [1.807, 2.05) is 0 Å². The van der Waals surface area contributed by atoms with Crippen LogP contribution < -0.4 is 14.4 Å². The van der Waals surface area contributed by atoms with Crippen LogP contribution in [0.25, 0.3) is 6.08 Å². The molecule has 1 heterocycles. The summed E-state index contributed by atoms with van der Waals surface area (Å²) < 4.78 is 16.4. The maximum atomic E-state index is 13.0. The van der Waals surface area contributed by atoms with Gasteiger partial charge in [0.25, 0.3) is 5.91 Å². The molecule has 1 saturated heterocycles. The summed E-state index contributed by atoms with van der Waals surface area (Å²) in [5.41, 5.74) is 1.29. The van der Waals surface area contributed by atoms with Crippen molar-refractivity contribution in [2.45, 2.75) is 0 Å². The zero-order valence-electron chi connectivity index (χ0n) is 15.8. The van der Waals surface area contributed by atoms with Gasteiger partial charge in [-0.15, -0.1) is 0 Å². The highest BCUT2D eigenvalue weighted by Gasteiger charge is 2.33. The van der Waals surface area contributed by atoms with E-state index in [-0.39, 0.29) is 12.5 Å². The molecule has 0 N–H and O–H groups in total. The number of rotatable bonds is 6. The molecule has 0 aromatic heterocycles. The first-order chi connectivity index (χ1) is 14.3. The highest BCUT2D eigenvalue weighted by molar-refractivity contribution is 9.10. The number of halogens is 2. The van der Waals surface area contributed by atoms with Crippen LogP contribution in [-0.2, 0) is 14.3 Å². The molecular weight excluding hydrogens is 514 g/mol. The second-order valence-electron chi connectivity index (χ2n) is 5.89. The first kappa shape index (κ1) is 22.6. The van der Waals surface area contributed by atoms with Crippen molar-refractivity contribution in [2.24, 2.45) is 0 Å². The number of ether oxygens (including phenoxy) is 3. The van der Waals surface area contributed by atoms with Gasteiger partial charge in [0, 0.05) is 9.50 Å². The van der Waals surface area contributed by atoms with Crippen LogP contribution in [0.5, 0.6) is 11.5 Å². The topological polar surface area (TPSA) is 65.1 Å². The van der Waals surface area contributed by atoms with Crippen LogP contribution in [0.3, 0.4) is 0 Å². The van der Waals surface area contributed by atoms with Crippen LogP contribution in [0.15, 0.2) is 45.8 Å². The van der Waals surface area contributed by atoms with Gasteiger partial charge in [0.1, 0.15) is 0 Å². The van der Waals surface area contributed by atoms with Crippen molar-refractivity contribution in [1.82, 2.24) is 0 Å². The van der Waals surface area contributed by atoms with Gasteiger partial charge in [-0.05, 0) is 42.0 Å². The van der Waals surface area contributed by atoms with E-state index in [1.165, 1.54) is 30.9 Å². The van der Waals surface area contributed by atoms with Gasteiger partial charge in [-0.25, -0.2) is 4.79 Å². The van der Waals surface area contributed by atoms with E-state index >= 15 is 0 Å². The Morgan fingerprint density at radius 2 is 2.03 bits per heavy atom. The first-order valence-corrected chi connectivity index (χ1v) is 10.8. The van der Waals surface area contributed by atoms with Gasteiger partial charge >= 0.3 is 5.97 Å². The second-order valence-corrected chi connectivity index (χ2v) is 8.85. The highest BCUT2D eigenvalue weighted by atomic mass is 79.9. The number of esters is 1. The number of amides is 1. The summed E-state index contributed by atoms with van der Waals surface area (Å²) in [6.07, 6.45) is 1.71. The van der Waals surface area contributed by atoms with E-state index in [0.717, 1.165) is 0 Å². The smallest absolute Gasteiger partial charge is 0.343 e. The molecule has 0 atom stereocenters. The zero-order valence-corrected chi connectivity index (χ0v) is 19.8. The fraction of sp³-hybridized carbons (Fsp3) is 0.150. The number of methoxy groups -OCH3 is 2. The van der Waals surface area contributed by atoms with Crippen molar-refractivity contribution in [3.63, 3.8) is 0 Å². The van der Waals surface area contributed by atoms with Crippen LogP contribution in [0.2, 0.25) is 5.02 Å². The molecular formula is C20H15BrClNO5S2. The molecule has 0 aliphatic carbocycles. The Labute approximate surface area is 196 Å². The summed E-state index contributed by atoms with van der Waals surface area (Å²) in [6.45, 7) is -0.253. The Morgan fingerprint density at radius 1 is 1.27 bits per heavy atom. The minimum absolute atomic E-state index is 0.246. The number of carbonyl (C=O) groups excluding carboxylic acids is 2. The molecule has 0 bridgehead atoms. The predicted octanol–water partition coefficient (Wildman–Crippen LogP) is 5.07. The maximum absolute atomic E-state index is 13.0. The number of carbonyl (C=O) groups is 2.